The van der Waals surface area contributed by atoms with Crippen molar-refractivity contribution in [1.29, 1.82) is 0 Å². The minimum atomic E-state index is -0.150. The summed E-state index contributed by atoms with van der Waals surface area (Å²) in [5.41, 5.74) is 6.28. The minimum absolute atomic E-state index is 0.150. The summed E-state index contributed by atoms with van der Waals surface area (Å²) in [4.78, 5) is 23.3. The molecular weight excluding hydrogens is 334 g/mol. The fourth-order valence-electron chi connectivity index (χ4n) is 8.59. The summed E-state index contributed by atoms with van der Waals surface area (Å²) in [6.45, 7) is 7.47. The van der Waals surface area contributed by atoms with Crippen LogP contribution in [0.4, 0.5) is 0 Å². The lowest BCUT2D eigenvalue weighted by molar-refractivity contribution is -0.140. The Hall–Kier alpha value is -0.860. The lowest BCUT2D eigenvalue weighted by Gasteiger charge is -2.60. The Labute approximate surface area is 165 Å². The molecule has 4 saturated carbocycles. The third-order valence-electron chi connectivity index (χ3n) is 10.1. The van der Waals surface area contributed by atoms with Crippen LogP contribution >= 0.6 is 0 Å². The lowest BCUT2D eigenvalue weighted by Crippen LogP contribution is -2.53. The second kappa shape index (κ2) is 6.88. The van der Waals surface area contributed by atoms with E-state index in [1.54, 1.807) is 0 Å². The van der Waals surface area contributed by atoms with Crippen LogP contribution in [0, 0.1) is 46.3 Å². The molecule has 3 nitrogen and oxygen atoms in total. The van der Waals surface area contributed by atoms with Crippen molar-refractivity contribution >= 4 is 11.7 Å². The fourth-order valence-corrected chi connectivity index (χ4v) is 8.59. The van der Waals surface area contributed by atoms with Gasteiger partial charge in [-0.3, -0.25) is 9.59 Å². The van der Waals surface area contributed by atoms with Crippen LogP contribution in [0.1, 0.15) is 91.4 Å². The van der Waals surface area contributed by atoms with Gasteiger partial charge in [0.05, 0.1) is 0 Å². The molecule has 0 bridgehead atoms. The zero-order valence-corrected chi connectivity index (χ0v) is 17.6. The summed E-state index contributed by atoms with van der Waals surface area (Å²) in [5.74, 6) is 4.92. The van der Waals surface area contributed by atoms with E-state index in [0.29, 0.717) is 34.9 Å². The molecule has 0 saturated heterocycles. The maximum atomic E-state index is 12.0. The molecule has 27 heavy (non-hydrogen) atoms. The Morgan fingerprint density at radius 2 is 1.81 bits per heavy atom. The van der Waals surface area contributed by atoms with E-state index < -0.39 is 0 Å². The molecule has 152 valence electrons. The molecule has 1 unspecified atom stereocenters. The van der Waals surface area contributed by atoms with E-state index in [1.165, 1.54) is 38.5 Å². The molecule has 4 rings (SSSR count). The molecular formula is C24H39NO2. The molecule has 0 aromatic rings. The number of fused-ring (bicyclic) bond motifs is 5. The van der Waals surface area contributed by atoms with Crippen LogP contribution in [0.3, 0.4) is 0 Å². The fraction of sp³-hybridized carbons (Fsp3) is 0.917. The molecule has 0 heterocycles. The lowest BCUT2D eigenvalue weighted by atomic mass is 9.44. The minimum Gasteiger partial charge on any atom is -0.370 e. The molecule has 2 N–H and O–H groups in total. The standard InChI is InChI=1S/C24H39NO2/c1-15(4-9-22(25)27)19-7-8-20-18-6-5-16-14-17(26)10-12-23(16,2)21(18)11-13-24(19,20)3/h15-16,18-21H,4-14H2,1-3H3,(H2,25,27)/t15-,16?,18+,19-,20+,21+,23+,24-/m1/s1. The number of amides is 1. The molecule has 8 atom stereocenters. The monoisotopic (exact) mass is 373 g/mol. The van der Waals surface area contributed by atoms with Crippen molar-refractivity contribution in [3.63, 3.8) is 0 Å². The van der Waals surface area contributed by atoms with Gasteiger partial charge in [-0.15, -0.1) is 0 Å². The Morgan fingerprint density at radius 3 is 2.56 bits per heavy atom. The van der Waals surface area contributed by atoms with E-state index in [0.717, 1.165) is 49.4 Å². The van der Waals surface area contributed by atoms with Gasteiger partial charge in [0.25, 0.3) is 0 Å². The van der Waals surface area contributed by atoms with Crippen molar-refractivity contribution in [2.24, 2.45) is 52.1 Å². The van der Waals surface area contributed by atoms with E-state index in [2.05, 4.69) is 20.8 Å². The van der Waals surface area contributed by atoms with Gasteiger partial charge in [0.1, 0.15) is 5.78 Å². The highest BCUT2D eigenvalue weighted by atomic mass is 16.1. The van der Waals surface area contributed by atoms with Crippen LogP contribution in [0.2, 0.25) is 0 Å². The highest BCUT2D eigenvalue weighted by Gasteiger charge is 2.60. The number of hydrogen-bond donors (Lipinski definition) is 1. The van der Waals surface area contributed by atoms with Crippen LogP contribution in [-0.2, 0) is 9.59 Å². The van der Waals surface area contributed by atoms with Crippen LogP contribution in [0.5, 0.6) is 0 Å². The first-order valence-corrected chi connectivity index (χ1v) is 11.6. The van der Waals surface area contributed by atoms with E-state index in [-0.39, 0.29) is 5.91 Å². The Kier molecular flexibility index (Phi) is 4.96. The molecule has 3 heteroatoms. The average Bonchev–Trinajstić information content (AvgIpc) is 2.97. The summed E-state index contributed by atoms with van der Waals surface area (Å²) in [6, 6.07) is 0. The van der Waals surface area contributed by atoms with Crippen LogP contribution in [0.15, 0.2) is 0 Å². The highest BCUT2D eigenvalue weighted by Crippen LogP contribution is 2.68. The van der Waals surface area contributed by atoms with Crippen molar-refractivity contribution in [2.45, 2.75) is 91.4 Å². The van der Waals surface area contributed by atoms with E-state index >= 15 is 0 Å². The quantitative estimate of drug-likeness (QED) is 0.744. The third-order valence-corrected chi connectivity index (χ3v) is 10.1. The molecule has 4 aliphatic rings. The number of hydrogen-bond acceptors (Lipinski definition) is 2. The van der Waals surface area contributed by atoms with Crippen molar-refractivity contribution in [3.05, 3.63) is 0 Å². The average molecular weight is 374 g/mol. The van der Waals surface area contributed by atoms with Gasteiger partial charge in [0, 0.05) is 19.3 Å². The zero-order valence-electron chi connectivity index (χ0n) is 17.6. The molecule has 0 aliphatic heterocycles. The van der Waals surface area contributed by atoms with Gasteiger partial charge >= 0.3 is 0 Å². The van der Waals surface area contributed by atoms with Crippen molar-refractivity contribution in [2.75, 3.05) is 0 Å². The second-order valence-electron chi connectivity index (χ2n) is 11.1. The predicted octanol–water partition coefficient (Wildman–Crippen LogP) is 5.12. The Balaban J connectivity index is 1.52. The third kappa shape index (κ3) is 3.08. The Morgan fingerprint density at radius 1 is 1.07 bits per heavy atom. The smallest absolute Gasteiger partial charge is 0.217 e. The van der Waals surface area contributed by atoms with Crippen LogP contribution < -0.4 is 5.73 Å². The molecule has 4 aliphatic carbocycles. The molecule has 1 amide bonds. The van der Waals surface area contributed by atoms with Gasteiger partial charge in [0.15, 0.2) is 0 Å². The van der Waals surface area contributed by atoms with Crippen molar-refractivity contribution in [3.8, 4) is 0 Å². The maximum absolute atomic E-state index is 12.0. The van der Waals surface area contributed by atoms with Gasteiger partial charge in [0.2, 0.25) is 5.91 Å². The van der Waals surface area contributed by atoms with Gasteiger partial charge in [-0.05, 0) is 97.7 Å². The van der Waals surface area contributed by atoms with Crippen molar-refractivity contribution in [1.82, 2.24) is 0 Å². The number of ketones is 1. The van der Waals surface area contributed by atoms with Crippen molar-refractivity contribution < 1.29 is 9.59 Å². The number of primary amides is 1. The summed E-state index contributed by atoms with van der Waals surface area (Å²) in [7, 11) is 0. The Bertz CT molecular complexity index is 616. The van der Waals surface area contributed by atoms with Gasteiger partial charge in [-0.1, -0.05) is 20.8 Å². The largest absolute Gasteiger partial charge is 0.370 e. The second-order valence-corrected chi connectivity index (χ2v) is 11.1. The number of carbonyl (C=O) groups excluding carboxylic acids is 2. The maximum Gasteiger partial charge on any atom is 0.217 e. The summed E-state index contributed by atoms with van der Waals surface area (Å²) in [5, 5.41) is 0. The summed E-state index contributed by atoms with van der Waals surface area (Å²) < 4.78 is 0. The molecule has 0 spiro atoms. The first-order chi connectivity index (χ1) is 12.8. The first-order valence-electron chi connectivity index (χ1n) is 11.6. The van der Waals surface area contributed by atoms with Crippen LogP contribution in [-0.4, -0.2) is 11.7 Å². The number of Topliss-reactive ketones (excluding diaryl/α,β-unsaturated/α-hetero) is 1. The number of rotatable bonds is 4. The topological polar surface area (TPSA) is 60.2 Å². The highest BCUT2D eigenvalue weighted by molar-refractivity contribution is 5.79. The summed E-state index contributed by atoms with van der Waals surface area (Å²) in [6.07, 6.45) is 12.4. The SMILES string of the molecule is C[C@H](CCC(N)=O)[C@H]1CC[C@H]2[C@@H]3CCC4CC(=O)CC[C@]4(C)[C@H]3CC[C@]12C. The predicted molar refractivity (Wildman–Crippen MR) is 108 cm³/mol. The molecule has 0 aromatic heterocycles. The molecule has 4 fully saturated rings. The summed E-state index contributed by atoms with van der Waals surface area (Å²) >= 11 is 0. The van der Waals surface area contributed by atoms with E-state index in [4.69, 9.17) is 5.73 Å². The zero-order chi connectivity index (χ0) is 19.4. The molecule has 0 aromatic carbocycles. The first kappa shape index (κ1) is 19.5. The van der Waals surface area contributed by atoms with Gasteiger partial charge in [-0.25, -0.2) is 0 Å². The number of nitrogens with two attached hydrogens (primary N) is 1. The van der Waals surface area contributed by atoms with Crippen LogP contribution in [0.25, 0.3) is 0 Å². The van der Waals surface area contributed by atoms with E-state index in [1.807, 2.05) is 0 Å². The van der Waals surface area contributed by atoms with Gasteiger partial charge in [-0.2, -0.15) is 0 Å². The number of carbonyl (C=O) groups is 2. The van der Waals surface area contributed by atoms with E-state index in [9.17, 15) is 9.59 Å². The normalized spacial score (nSPS) is 47.7. The van der Waals surface area contributed by atoms with Gasteiger partial charge < -0.3 is 5.73 Å². The molecule has 0 radical (unpaired) electrons.